The zero-order valence-corrected chi connectivity index (χ0v) is 12.5. The smallest absolute Gasteiger partial charge is 0.189 e. The number of hydrogen-bond donors (Lipinski definition) is 0. The standard InChI is InChI=1S/C15H20N4O2/c1-3-5-10-19-15(16-17-18-19)11-21-13-8-6-12(7-9-13)14(20)4-2/h6-9H,3-5,10-11H2,1-2H3. The maximum absolute atomic E-state index is 11.5. The van der Waals surface area contributed by atoms with E-state index in [1.165, 1.54) is 0 Å². The second kappa shape index (κ2) is 7.52. The van der Waals surface area contributed by atoms with Crippen molar-refractivity contribution >= 4 is 5.78 Å². The fourth-order valence-corrected chi connectivity index (χ4v) is 1.90. The van der Waals surface area contributed by atoms with Gasteiger partial charge in [-0.05, 0) is 41.1 Å². The Morgan fingerprint density at radius 2 is 2.00 bits per heavy atom. The minimum absolute atomic E-state index is 0.130. The van der Waals surface area contributed by atoms with E-state index in [4.69, 9.17) is 4.74 Å². The van der Waals surface area contributed by atoms with Crippen LogP contribution < -0.4 is 4.74 Å². The lowest BCUT2D eigenvalue weighted by atomic mass is 10.1. The van der Waals surface area contributed by atoms with E-state index in [0.717, 1.165) is 19.4 Å². The van der Waals surface area contributed by atoms with Crippen molar-refractivity contribution in [1.82, 2.24) is 20.2 Å². The van der Waals surface area contributed by atoms with Crippen molar-refractivity contribution < 1.29 is 9.53 Å². The van der Waals surface area contributed by atoms with Gasteiger partial charge in [0.1, 0.15) is 12.4 Å². The van der Waals surface area contributed by atoms with Crippen LogP contribution in [0.3, 0.4) is 0 Å². The predicted octanol–water partition coefficient (Wildman–Crippen LogP) is 2.64. The van der Waals surface area contributed by atoms with Gasteiger partial charge < -0.3 is 4.74 Å². The minimum Gasteiger partial charge on any atom is -0.486 e. The van der Waals surface area contributed by atoms with Crippen LogP contribution in [0.25, 0.3) is 0 Å². The lowest BCUT2D eigenvalue weighted by Crippen LogP contribution is -2.09. The van der Waals surface area contributed by atoms with Gasteiger partial charge in [-0.1, -0.05) is 20.3 Å². The summed E-state index contributed by atoms with van der Waals surface area (Å²) in [5.74, 6) is 1.54. The first-order chi connectivity index (χ1) is 10.2. The van der Waals surface area contributed by atoms with Crippen LogP contribution in [0.2, 0.25) is 0 Å². The molecule has 2 rings (SSSR count). The fourth-order valence-electron chi connectivity index (χ4n) is 1.90. The molecule has 0 unspecified atom stereocenters. The lowest BCUT2D eigenvalue weighted by molar-refractivity contribution is 0.0988. The molecule has 1 heterocycles. The molecule has 0 aliphatic heterocycles. The van der Waals surface area contributed by atoms with Crippen molar-refractivity contribution in [2.24, 2.45) is 0 Å². The molecule has 0 aliphatic carbocycles. The largest absolute Gasteiger partial charge is 0.486 e. The van der Waals surface area contributed by atoms with Crippen LogP contribution in [0.15, 0.2) is 24.3 Å². The van der Waals surface area contributed by atoms with Crippen LogP contribution in [0.1, 0.15) is 49.3 Å². The zero-order chi connectivity index (χ0) is 15.1. The number of aromatic nitrogens is 4. The van der Waals surface area contributed by atoms with Gasteiger partial charge in [0.2, 0.25) is 0 Å². The topological polar surface area (TPSA) is 69.9 Å². The molecule has 0 bridgehead atoms. The van der Waals surface area contributed by atoms with Crippen LogP contribution in [0.5, 0.6) is 5.75 Å². The third-order valence-corrected chi connectivity index (χ3v) is 3.19. The highest BCUT2D eigenvalue weighted by Gasteiger charge is 2.07. The molecule has 2 aromatic rings. The Morgan fingerprint density at radius 3 is 2.67 bits per heavy atom. The van der Waals surface area contributed by atoms with Gasteiger partial charge in [-0.2, -0.15) is 0 Å². The number of ether oxygens (including phenoxy) is 1. The van der Waals surface area contributed by atoms with E-state index in [0.29, 0.717) is 30.2 Å². The van der Waals surface area contributed by atoms with E-state index in [1.807, 2.05) is 6.92 Å². The lowest BCUT2D eigenvalue weighted by Gasteiger charge is -2.07. The third-order valence-electron chi connectivity index (χ3n) is 3.19. The molecule has 0 N–H and O–H groups in total. The molecule has 1 aromatic carbocycles. The molecule has 6 nitrogen and oxygen atoms in total. The van der Waals surface area contributed by atoms with Crippen molar-refractivity contribution in [1.29, 1.82) is 0 Å². The second-order valence-electron chi connectivity index (χ2n) is 4.76. The Labute approximate surface area is 124 Å². The molecule has 0 amide bonds. The maximum Gasteiger partial charge on any atom is 0.189 e. The molecule has 1 aromatic heterocycles. The number of nitrogens with zero attached hydrogens (tertiary/aromatic N) is 4. The highest BCUT2D eigenvalue weighted by Crippen LogP contribution is 2.14. The summed E-state index contributed by atoms with van der Waals surface area (Å²) in [5, 5.41) is 11.6. The number of unbranched alkanes of at least 4 members (excludes halogenated alkanes) is 1. The van der Waals surface area contributed by atoms with Gasteiger partial charge in [-0.15, -0.1) is 5.10 Å². The number of rotatable bonds is 8. The van der Waals surface area contributed by atoms with Gasteiger partial charge in [0.15, 0.2) is 11.6 Å². The van der Waals surface area contributed by atoms with E-state index < -0.39 is 0 Å². The maximum atomic E-state index is 11.5. The fraction of sp³-hybridized carbons (Fsp3) is 0.467. The Hall–Kier alpha value is -2.24. The second-order valence-corrected chi connectivity index (χ2v) is 4.76. The molecule has 0 spiro atoms. The number of aryl methyl sites for hydroxylation is 1. The number of hydrogen-bond acceptors (Lipinski definition) is 5. The van der Waals surface area contributed by atoms with Gasteiger partial charge in [-0.3, -0.25) is 4.79 Å². The van der Waals surface area contributed by atoms with Crippen molar-refractivity contribution in [3.8, 4) is 5.75 Å². The molecular weight excluding hydrogens is 268 g/mol. The summed E-state index contributed by atoms with van der Waals surface area (Å²) in [6.45, 7) is 5.09. The zero-order valence-electron chi connectivity index (χ0n) is 12.5. The summed E-state index contributed by atoms with van der Waals surface area (Å²) in [5.41, 5.74) is 0.706. The molecule has 0 fully saturated rings. The van der Waals surface area contributed by atoms with Crippen LogP contribution >= 0.6 is 0 Å². The minimum atomic E-state index is 0.130. The molecule has 0 saturated heterocycles. The predicted molar refractivity (Wildman–Crippen MR) is 78.1 cm³/mol. The molecule has 21 heavy (non-hydrogen) atoms. The average molecular weight is 288 g/mol. The first-order valence-corrected chi connectivity index (χ1v) is 7.25. The molecule has 0 saturated carbocycles. The van der Waals surface area contributed by atoms with Gasteiger partial charge in [0.05, 0.1) is 0 Å². The Morgan fingerprint density at radius 1 is 1.24 bits per heavy atom. The number of carbonyl (C=O) groups excluding carboxylic acids is 1. The summed E-state index contributed by atoms with van der Waals surface area (Å²) >= 11 is 0. The van der Waals surface area contributed by atoms with E-state index in [1.54, 1.807) is 28.9 Å². The Bertz CT molecular complexity index is 578. The van der Waals surface area contributed by atoms with Gasteiger partial charge in [0, 0.05) is 18.5 Å². The van der Waals surface area contributed by atoms with Crippen LogP contribution in [-0.4, -0.2) is 26.0 Å². The van der Waals surface area contributed by atoms with E-state index >= 15 is 0 Å². The number of carbonyl (C=O) groups is 1. The van der Waals surface area contributed by atoms with Crippen LogP contribution in [-0.2, 0) is 13.2 Å². The average Bonchev–Trinajstić information content (AvgIpc) is 2.98. The molecule has 112 valence electrons. The number of Topliss-reactive ketones (excluding diaryl/α,β-unsaturated/α-hetero) is 1. The summed E-state index contributed by atoms with van der Waals surface area (Å²) in [6, 6.07) is 7.15. The highest BCUT2D eigenvalue weighted by atomic mass is 16.5. The number of ketones is 1. The normalized spacial score (nSPS) is 10.6. The summed E-state index contributed by atoms with van der Waals surface area (Å²) in [6.07, 6.45) is 2.63. The highest BCUT2D eigenvalue weighted by molar-refractivity contribution is 5.95. The number of benzene rings is 1. The van der Waals surface area contributed by atoms with Crippen molar-refractivity contribution in [2.45, 2.75) is 46.3 Å². The SMILES string of the molecule is CCCCn1nnnc1COc1ccc(C(=O)CC)cc1. The molecular formula is C15H20N4O2. The summed E-state index contributed by atoms with van der Waals surface area (Å²) in [7, 11) is 0. The Balaban J connectivity index is 1.94. The molecule has 0 radical (unpaired) electrons. The van der Waals surface area contributed by atoms with E-state index in [9.17, 15) is 4.79 Å². The van der Waals surface area contributed by atoms with Gasteiger partial charge >= 0.3 is 0 Å². The monoisotopic (exact) mass is 288 g/mol. The molecule has 6 heteroatoms. The first-order valence-electron chi connectivity index (χ1n) is 7.25. The van der Waals surface area contributed by atoms with Gasteiger partial charge in [0.25, 0.3) is 0 Å². The van der Waals surface area contributed by atoms with Gasteiger partial charge in [-0.25, -0.2) is 4.68 Å². The van der Waals surface area contributed by atoms with Crippen molar-refractivity contribution in [3.63, 3.8) is 0 Å². The summed E-state index contributed by atoms with van der Waals surface area (Å²) < 4.78 is 7.43. The Kier molecular flexibility index (Phi) is 5.43. The van der Waals surface area contributed by atoms with Crippen molar-refractivity contribution in [2.75, 3.05) is 0 Å². The van der Waals surface area contributed by atoms with Crippen molar-refractivity contribution in [3.05, 3.63) is 35.7 Å². The summed E-state index contributed by atoms with van der Waals surface area (Å²) in [4.78, 5) is 11.5. The van der Waals surface area contributed by atoms with E-state index in [-0.39, 0.29) is 5.78 Å². The van der Waals surface area contributed by atoms with E-state index in [2.05, 4.69) is 22.4 Å². The quantitative estimate of drug-likeness (QED) is 0.698. The molecule has 0 aliphatic rings. The molecule has 0 atom stereocenters. The first kappa shape index (κ1) is 15.2. The van der Waals surface area contributed by atoms with Crippen LogP contribution in [0, 0.1) is 0 Å². The third kappa shape index (κ3) is 4.11. The van der Waals surface area contributed by atoms with Crippen LogP contribution in [0.4, 0.5) is 0 Å². The number of tetrazole rings is 1.